The average Bonchev–Trinajstić information content (AvgIpc) is 3.47. The van der Waals surface area contributed by atoms with Crippen LogP contribution < -0.4 is 0 Å². The first-order valence-electron chi connectivity index (χ1n) is 34.4. The van der Waals surface area contributed by atoms with E-state index in [4.69, 9.17) is 14.2 Å². The van der Waals surface area contributed by atoms with E-state index in [1.807, 2.05) is 0 Å². The molecule has 0 aromatic heterocycles. The van der Waals surface area contributed by atoms with E-state index in [0.29, 0.717) is 19.3 Å². The summed E-state index contributed by atoms with van der Waals surface area (Å²) in [6, 6.07) is 0. The largest absolute Gasteiger partial charge is 0.462 e. The van der Waals surface area contributed by atoms with Crippen LogP contribution in [-0.2, 0) is 28.6 Å². The van der Waals surface area contributed by atoms with Crippen molar-refractivity contribution >= 4 is 17.9 Å². The van der Waals surface area contributed by atoms with E-state index in [0.717, 1.165) is 122 Å². The smallest absolute Gasteiger partial charge is 0.306 e. The number of carbonyl (C=O) groups is 3. The Balaban J connectivity index is 4.29. The monoisotopic (exact) mass is 1120 g/mol. The van der Waals surface area contributed by atoms with Crippen LogP contribution in [0.25, 0.3) is 0 Å². The van der Waals surface area contributed by atoms with E-state index < -0.39 is 6.10 Å². The van der Waals surface area contributed by atoms with Crippen molar-refractivity contribution < 1.29 is 28.6 Å². The number of carbonyl (C=O) groups excluding carboxylic acids is 3. The Kier molecular flexibility index (Phi) is 65.2. The van der Waals surface area contributed by atoms with Gasteiger partial charge < -0.3 is 14.2 Å². The van der Waals surface area contributed by atoms with Crippen LogP contribution >= 0.6 is 0 Å². The number of hydrogen-bond acceptors (Lipinski definition) is 6. The van der Waals surface area contributed by atoms with Gasteiger partial charge in [0.15, 0.2) is 6.10 Å². The van der Waals surface area contributed by atoms with Crippen LogP contribution in [0.4, 0.5) is 0 Å². The fraction of sp³-hybridized carbons (Fsp3) is 0.720. The number of unbranched alkanes of at least 4 members (excludes halogenated alkanes) is 33. The molecular formula is C75H128O6. The van der Waals surface area contributed by atoms with Gasteiger partial charge in [0, 0.05) is 19.3 Å². The van der Waals surface area contributed by atoms with Crippen molar-refractivity contribution in [3.8, 4) is 0 Å². The summed E-state index contributed by atoms with van der Waals surface area (Å²) >= 11 is 0. The van der Waals surface area contributed by atoms with Gasteiger partial charge in [-0.3, -0.25) is 14.4 Å². The molecule has 0 saturated carbocycles. The lowest BCUT2D eigenvalue weighted by molar-refractivity contribution is -0.167. The summed E-state index contributed by atoms with van der Waals surface area (Å²) < 4.78 is 17.0. The van der Waals surface area contributed by atoms with Gasteiger partial charge in [-0.25, -0.2) is 0 Å². The molecular weight excluding hydrogens is 997 g/mol. The molecule has 0 amide bonds. The topological polar surface area (TPSA) is 78.9 Å². The van der Waals surface area contributed by atoms with Crippen molar-refractivity contribution in [1.82, 2.24) is 0 Å². The number of hydrogen-bond donors (Lipinski definition) is 0. The highest BCUT2D eigenvalue weighted by Gasteiger charge is 2.19. The molecule has 81 heavy (non-hydrogen) atoms. The molecule has 1 atom stereocenters. The van der Waals surface area contributed by atoms with Crippen molar-refractivity contribution in [2.45, 2.75) is 335 Å². The molecule has 0 heterocycles. The summed E-state index contributed by atoms with van der Waals surface area (Å²) in [5.41, 5.74) is 0. The van der Waals surface area contributed by atoms with Gasteiger partial charge in [0.1, 0.15) is 13.2 Å². The van der Waals surface area contributed by atoms with Gasteiger partial charge >= 0.3 is 17.9 Å². The minimum Gasteiger partial charge on any atom is -0.462 e. The molecule has 6 nitrogen and oxygen atoms in total. The quantitative estimate of drug-likeness (QED) is 0.0261. The summed E-state index contributed by atoms with van der Waals surface area (Å²) in [6.07, 6.45) is 93.9. The van der Waals surface area contributed by atoms with E-state index in [1.165, 1.54) is 167 Å². The van der Waals surface area contributed by atoms with Crippen molar-refractivity contribution in [2.24, 2.45) is 0 Å². The first kappa shape index (κ1) is 77.1. The zero-order valence-electron chi connectivity index (χ0n) is 53.3. The van der Waals surface area contributed by atoms with Gasteiger partial charge in [0.05, 0.1) is 0 Å². The van der Waals surface area contributed by atoms with Gasteiger partial charge in [-0.05, 0) is 122 Å². The predicted molar refractivity (Wildman–Crippen MR) is 353 cm³/mol. The van der Waals surface area contributed by atoms with Crippen LogP contribution in [0.3, 0.4) is 0 Å². The van der Waals surface area contributed by atoms with E-state index in [1.54, 1.807) is 0 Å². The number of rotatable bonds is 62. The molecule has 0 rings (SSSR count). The molecule has 0 bridgehead atoms. The molecule has 0 N–H and O–H groups in total. The molecule has 6 heteroatoms. The second kappa shape index (κ2) is 68.6. The second-order valence-corrected chi connectivity index (χ2v) is 22.7. The third-order valence-electron chi connectivity index (χ3n) is 14.7. The van der Waals surface area contributed by atoms with Crippen molar-refractivity contribution in [1.29, 1.82) is 0 Å². The van der Waals surface area contributed by atoms with Crippen molar-refractivity contribution in [2.75, 3.05) is 13.2 Å². The summed E-state index contributed by atoms with van der Waals surface area (Å²) in [5.74, 6) is -0.888. The minimum atomic E-state index is -0.789. The maximum atomic E-state index is 12.9. The van der Waals surface area contributed by atoms with Crippen LogP contribution in [-0.4, -0.2) is 37.2 Å². The van der Waals surface area contributed by atoms with E-state index in [2.05, 4.69) is 130 Å². The maximum Gasteiger partial charge on any atom is 0.306 e. The Morgan fingerprint density at radius 1 is 0.259 bits per heavy atom. The standard InChI is InChI=1S/C75H128O6/c1-4-7-10-13-16-19-22-25-28-31-32-33-34-35-36-37-38-39-40-41-42-45-47-50-53-56-59-62-65-68-74(77)80-71-72(81-75(78)69-66-63-60-57-54-51-48-44-30-27-24-21-18-15-12-9-6-3)70-79-73(76)67-64-61-58-55-52-49-46-43-29-26-23-20-17-14-11-8-5-2/h7,9-10,12,16-21,25-30,32-33,72H,4-6,8,11,13-15,22-24,31,34-71H2,1-3H3/b10-7-,12-9-,19-16-,20-17-,21-18-,28-25-,29-26-,30-27-,33-32-. The van der Waals surface area contributed by atoms with Gasteiger partial charge in [0.25, 0.3) is 0 Å². The molecule has 0 saturated heterocycles. The third kappa shape index (κ3) is 66.8. The Bertz CT molecular complexity index is 1620. The van der Waals surface area contributed by atoms with Gasteiger partial charge in [-0.2, -0.15) is 0 Å². The molecule has 0 aromatic rings. The lowest BCUT2D eigenvalue weighted by Gasteiger charge is -2.18. The second-order valence-electron chi connectivity index (χ2n) is 22.7. The van der Waals surface area contributed by atoms with Crippen LogP contribution in [0.1, 0.15) is 329 Å². The zero-order valence-corrected chi connectivity index (χ0v) is 53.3. The fourth-order valence-electron chi connectivity index (χ4n) is 9.66. The van der Waals surface area contributed by atoms with E-state index in [9.17, 15) is 14.4 Å². The highest BCUT2D eigenvalue weighted by Crippen LogP contribution is 2.17. The Morgan fingerprint density at radius 3 is 0.753 bits per heavy atom. The number of allylic oxidation sites excluding steroid dienone is 18. The molecule has 1 unspecified atom stereocenters. The van der Waals surface area contributed by atoms with Crippen molar-refractivity contribution in [3.63, 3.8) is 0 Å². The van der Waals surface area contributed by atoms with Crippen molar-refractivity contribution in [3.05, 3.63) is 109 Å². The van der Waals surface area contributed by atoms with Gasteiger partial charge in [-0.1, -0.05) is 297 Å². The maximum absolute atomic E-state index is 12.9. The normalized spacial score (nSPS) is 12.8. The van der Waals surface area contributed by atoms with Crippen LogP contribution in [0.2, 0.25) is 0 Å². The summed E-state index contributed by atoms with van der Waals surface area (Å²) in [5, 5.41) is 0. The fourth-order valence-corrected chi connectivity index (χ4v) is 9.66. The molecule has 0 aromatic carbocycles. The SMILES string of the molecule is CC/C=C\C/C=C\C/C=C\C/C=C\CCCCCCCCCCCCCCCCCCC(=O)OCC(COC(=O)CCCCCCCCC/C=C\C/C=C\CCCCC)OC(=O)CCCCCCCCC/C=C\C/C=C\C/C=C\CC. The zero-order chi connectivity index (χ0) is 58.5. The highest BCUT2D eigenvalue weighted by atomic mass is 16.6. The number of ether oxygens (including phenoxy) is 3. The average molecular weight is 1130 g/mol. The Labute approximate surface area is 501 Å². The number of esters is 3. The highest BCUT2D eigenvalue weighted by molar-refractivity contribution is 5.71. The molecule has 0 radical (unpaired) electrons. The Morgan fingerprint density at radius 2 is 0.481 bits per heavy atom. The minimum absolute atomic E-state index is 0.0832. The lowest BCUT2D eigenvalue weighted by Crippen LogP contribution is -2.30. The predicted octanol–water partition coefficient (Wildman–Crippen LogP) is 23.8. The van der Waals surface area contributed by atoms with Crippen LogP contribution in [0.15, 0.2) is 109 Å². The van der Waals surface area contributed by atoms with Gasteiger partial charge in [-0.15, -0.1) is 0 Å². The van der Waals surface area contributed by atoms with Gasteiger partial charge in [0.2, 0.25) is 0 Å². The lowest BCUT2D eigenvalue weighted by atomic mass is 10.0. The molecule has 0 aliphatic rings. The van der Waals surface area contributed by atoms with E-state index in [-0.39, 0.29) is 31.1 Å². The van der Waals surface area contributed by atoms with E-state index >= 15 is 0 Å². The molecule has 464 valence electrons. The summed E-state index contributed by atoms with van der Waals surface area (Å²) in [4.78, 5) is 38.4. The van der Waals surface area contributed by atoms with Crippen LogP contribution in [0.5, 0.6) is 0 Å². The molecule has 0 spiro atoms. The molecule has 0 aliphatic carbocycles. The molecule has 0 aliphatic heterocycles. The first-order valence-corrected chi connectivity index (χ1v) is 34.4. The summed E-state index contributed by atoms with van der Waals surface area (Å²) in [7, 11) is 0. The van der Waals surface area contributed by atoms with Crippen LogP contribution in [0, 0.1) is 0 Å². The molecule has 0 fully saturated rings. The summed E-state index contributed by atoms with van der Waals surface area (Å²) in [6.45, 7) is 6.41. The third-order valence-corrected chi connectivity index (χ3v) is 14.7. The first-order chi connectivity index (χ1) is 40.0. The Hall–Kier alpha value is -3.93.